The summed E-state index contributed by atoms with van der Waals surface area (Å²) in [6.07, 6.45) is 3.24. The number of hydrazone groups is 1. The van der Waals surface area contributed by atoms with Crippen molar-refractivity contribution in [2.24, 2.45) is 5.10 Å². The molecular weight excluding hydrogens is 229 g/mol. The lowest BCUT2D eigenvalue weighted by atomic mass is 9.70. The minimum absolute atomic E-state index is 0.152. The van der Waals surface area contributed by atoms with Crippen LogP contribution in [0.15, 0.2) is 47.7 Å². The van der Waals surface area contributed by atoms with Crippen molar-refractivity contribution in [2.45, 2.75) is 0 Å². The average Bonchev–Trinajstić information content (AvgIpc) is 2.40. The largest absolute Gasteiger partial charge is 0.508 e. The molecule has 3 rings (SSSR count). The highest BCUT2D eigenvalue weighted by atomic mass is 16.3. The molecule has 6 heteroatoms. The van der Waals surface area contributed by atoms with Crippen LogP contribution in [-0.4, -0.2) is 28.4 Å². The second-order valence-corrected chi connectivity index (χ2v) is 3.96. The normalized spacial score (nSPS) is 13.6. The standard InChI is InChI=1S/C12H10BN3O2/c17-10-4-5-11-9(7-10)8-15-16(13(11)18)12-3-1-2-6-14-12/h1-8,17-18H. The van der Waals surface area contributed by atoms with Crippen LogP contribution >= 0.6 is 0 Å². The molecule has 1 aliphatic rings. The molecule has 1 aromatic heterocycles. The molecule has 0 unspecified atom stereocenters. The summed E-state index contributed by atoms with van der Waals surface area (Å²) in [5, 5.41) is 23.8. The first-order valence-electron chi connectivity index (χ1n) is 5.51. The van der Waals surface area contributed by atoms with E-state index in [1.54, 1.807) is 36.7 Å². The van der Waals surface area contributed by atoms with Gasteiger partial charge in [0.15, 0.2) is 0 Å². The minimum Gasteiger partial charge on any atom is -0.508 e. The highest BCUT2D eigenvalue weighted by Crippen LogP contribution is 2.17. The van der Waals surface area contributed by atoms with Gasteiger partial charge in [-0.05, 0) is 35.3 Å². The molecule has 0 radical (unpaired) electrons. The fraction of sp³-hybridized carbons (Fsp3) is 0. The Balaban J connectivity index is 2.03. The van der Waals surface area contributed by atoms with Crippen LogP contribution in [0.2, 0.25) is 0 Å². The quantitative estimate of drug-likeness (QED) is 0.703. The van der Waals surface area contributed by atoms with Crippen molar-refractivity contribution in [3.8, 4) is 5.75 Å². The molecule has 5 nitrogen and oxygen atoms in total. The number of phenols is 1. The van der Waals surface area contributed by atoms with Gasteiger partial charge in [0.2, 0.25) is 0 Å². The van der Waals surface area contributed by atoms with E-state index in [1.807, 2.05) is 6.07 Å². The fourth-order valence-electron chi connectivity index (χ4n) is 1.90. The molecule has 0 aliphatic carbocycles. The monoisotopic (exact) mass is 239 g/mol. The molecule has 18 heavy (non-hydrogen) atoms. The molecule has 0 spiro atoms. The van der Waals surface area contributed by atoms with Crippen LogP contribution < -0.4 is 10.4 Å². The Kier molecular flexibility index (Phi) is 2.49. The predicted molar refractivity (Wildman–Crippen MR) is 70.0 cm³/mol. The maximum absolute atomic E-state index is 10.3. The second kappa shape index (κ2) is 4.16. The topological polar surface area (TPSA) is 69.0 Å². The van der Waals surface area contributed by atoms with Crippen LogP contribution in [0.5, 0.6) is 5.75 Å². The molecule has 0 saturated carbocycles. The van der Waals surface area contributed by atoms with Gasteiger partial charge in [0, 0.05) is 6.20 Å². The molecule has 0 fully saturated rings. The summed E-state index contributed by atoms with van der Waals surface area (Å²) < 4.78 is 0. The first kappa shape index (κ1) is 10.8. The van der Waals surface area contributed by atoms with Gasteiger partial charge in [-0.25, -0.2) is 4.98 Å². The summed E-state index contributed by atoms with van der Waals surface area (Å²) in [5.41, 5.74) is 1.39. The minimum atomic E-state index is -0.902. The highest BCUT2D eigenvalue weighted by molar-refractivity contribution is 6.71. The highest BCUT2D eigenvalue weighted by Gasteiger charge is 2.30. The van der Waals surface area contributed by atoms with E-state index < -0.39 is 7.05 Å². The molecule has 0 atom stereocenters. The predicted octanol–water partition coefficient (Wildman–Crippen LogP) is 0.329. The first-order chi connectivity index (χ1) is 8.75. The van der Waals surface area contributed by atoms with Gasteiger partial charge in [0.05, 0.1) is 6.21 Å². The third kappa shape index (κ3) is 1.72. The molecule has 0 bridgehead atoms. The van der Waals surface area contributed by atoms with E-state index in [9.17, 15) is 10.1 Å². The van der Waals surface area contributed by atoms with Crippen molar-refractivity contribution >= 4 is 24.5 Å². The molecule has 0 saturated heterocycles. The Bertz CT molecular complexity index is 604. The van der Waals surface area contributed by atoms with Crippen LogP contribution in [-0.2, 0) is 0 Å². The number of hydrogen-bond donors (Lipinski definition) is 2. The number of pyridine rings is 1. The SMILES string of the molecule is OB1c2ccc(O)cc2C=NN1c1ccccn1. The summed E-state index contributed by atoms with van der Waals surface area (Å²) in [7, 11) is -0.902. The van der Waals surface area contributed by atoms with Gasteiger partial charge in [-0.2, -0.15) is 5.10 Å². The number of benzene rings is 1. The van der Waals surface area contributed by atoms with Gasteiger partial charge in [-0.3, -0.25) is 4.92 Å². The number of hydrogen-bond acceptors (Lipinski definition) is 5. The van der Waals surface area contributed by atoms with Crippen LogP contribution in [0, 0.1) is 0 Å². The van der Waals surface area contributed by atoms with E-state index in [1.165, 1.54) is 11.0 Å². The van der Waals surface area contributed by atoms with E-state index in [0.717, 1.165) is 0 Å². The van der Waals surface area contributed by atoms with Gasteiger partial charge >= 0.3 is 7.05 Å². The van der Waals surface area contributed by atoms with Crippen LogP contribution in [0.3, 0.4) is 0 Å². The van der Waals surface area contributed by atoms with Crippen molar-refractivity contribution in [1.82, 2.24) is 4.98 Å². The summed E-state index contributed by atoms with van der Waals surface area (Å²) >= 11 is 0. The molecule has 0 amide bonds. The average molecular weight is 239 g/mol. The van der Waals surface area contributed by atoms with Gasteiger partial charge in [-0.15, -0.1) is 0 Å². The van der Waals surface area contributed by atoms with E-state index in [-0.39, 0.29) is 5.75 Å². The van der Waals surface area contributed by atoms with Crippen LogP contribution in [0.4, 0.5) is 5.82 Å². The molecule has 1 aliphatic heterocycles. The Morgan fingerprint density at radius 3 is 2.83 bits per heavy atom. The van der Waals surface area contributed by atoms with Crippen LogP contribution in [0.25, 0.3) is 0 Å². The van der Waals surface area contributed by atoms with Gasteiger partial charge in [0.1, 0.15) is 11.6 Å². The number of aromatic hydroxyl groups is 1. The first-order valence-corrected chi connectivity index (χ1v) is 5.51. The Hall–Kier alpha value is -2.34. The molecule has 2 N–H and O–H groups in total. The Morgan fingerprint density at radius 1 is 1.17 bits per heavy atom. The van der Waals surface area contributed by atoms with Crippen LogP contribution in [0.1, 0.15) is 5.56 Å². The summed E-state index contributed by atoms with van der Waals surface area (Å²) in [5.74, 6) is 0.721. The third-order valence-corrected chi connectivity index (χ3v) is 2.79. The zero-order valence-electron chi connectivity index (χ0n) is 9.43. The maximum Gasteiger partial charge on any atom is 0.473 e. The van der Waals surface area contributed by atoms with E-state index >= 15 is 0 Å². The number of aromatic nitrogens is 1. The lowest BCUT2D eigenvalue weighted by Gasteiger charge is -2.25. The lowest BCUT2D eigenvalue weighted by Crippen LogP contribution is -2.50. The van der Waals surface area contributed by atoms with Crippen molar-refractivity contribution in [2.75, 3.05) is 4.92 Å². The summed E-state index contributed by atoms with van der Waals surface area (Å²) in [6, 6.07) is 10.2. The third-order valence-electron chi connectivity index (χ3n) is 2.79. The Morgan fingerprint density at radius 2 is 2.06 bits per heavy atom. The maximum atomic E-state index is 10.3. The molecule has 1 aromatic carbocycles. The Labute approximate surface area is 104 Å². The van der Waals surface area contributed by atoms with Gasteiger partial charge < -0.3 is 10.1 Å². The van der Waals surface area contributed by atoms with Gasteiger partial charge in [-0.1, -0.05) is 12.1 Å². The van der Waals surface area contributed by atoms with Crippen molar-refractivity contribution in [1.29, 1.82) is 0 Å². The fourth-order valence-corrected chi connectivity index (χ4v) is 1.90. The molecule has 2 heterocycles. The molecule has 2 aromatic rings. The summed E-state index contributed by atoms with van der Waals surface area (Å²) in [6.45, 7) is 0. The number of nitrogens with zero attached hydrogens (tertiary/aromatic N) is 3. The van der Waals surface area contributed by atoms with Gasteiger partial charge in [0.25, 0.3) is 0 Å². The number of anilines is 1. The molecular formula is C12H10BN3O2. The van der Waals surface area contributed by atoms with E-state index in [4.69, 9.17) is 0 Å². The van der Waals surface area contributed by atoms with Crippen molar-refractivity contribution in [3.63, 3.8) is 0 Å². The van der Waals surface area contributed by atoms with E-state index in [0.29, 0.717) is 16.8 Å². The number of rotatable bonds is 1. The van der Waals surface area contributed by atoms with E-state index in [2.05, 4.69) is 10.1 Å². The number of phenolic OH excluding ortho intramolecular Hbond substituents is 1. The number of fused-ring (bicyclic) bond motifs is 1. The summed E-state index contributed by atoms with van der Waals surface area (Å²) in [4.78, 5) is 5.58. The molecule has 88 valence electrons. The second-order valence-electron chi connectivity index (χ2n) is 3.96. The van der Waals surface area contributed by atoms with Crippen molar-refractivity contribution in [3.05, 3.63) is 48.2 Å². The smallest absolute Gasteiger partial charge is 0.473 e. The van der Waals surface area contributed by atoms with Crippen molar-refractivity contribution < 1.29 is 10.1 Å². The zero-order chi connectivity index (χ0) is 12.5. The zero-order valence-corrected chi connectivity index (χ0v) is 9.43. The lowest BCUT2D eigenvalue weighted by molar-refractivity contribution is 0.475.